The average Bonchev–Trinajstić information content (AvgIpc) is 2.40. The van der Waals surface area contributed by atoms with Gasteiger partial charge in [-0.05, 0) is 18.2 Å². The molecule has 0 unspecified atom stereocenters. The van der Waals surface area contributed by atoms with Gasteiger partial charge in [0, 0.05) is 11.5 Å². The lowest BCUT2D eigenvalue weighted by Crippen LogP contribution is -3.61. The van der Waals surface area contributed by atoms with Crippen LogP contribution in [0.1, 0.15) is 0 Å². The monoisotopic (exact) mass is 332 g/mol. The Labute approximate surface area is 111 Å². The molecule has 0 saturated heterocycles. The highest BCUT2D eigenvalue weighted by Crippen LogP contribution is 2.08. The van der Waals surface area contributed by atoms with E-state index < -0.39 is 0 Å². The normalized spacial score (nSPS) is 10.6. The summed E-state index contributed by atoms with van der Waals surface area (Å²) in [6.07, 6.45) is 2.02. The zero-order chi connectivity index (χ0) is 11.5. The molecule has 0 bridgehead atoms. The van der Waals surface area contributed by atoms with Crippen LogP contribution in [0.15, 0.2) is 66.9 Å². The first-order valence-electron chi connectivity index (χ1n) is 5.46. The predicted octanol–water partition coefficient (Wildman–Crippen LogP) is 0.363. The highest BCUT2D eigenvalue weighted by molar-refractivity contribution is 5.77. The van der Waals surface area contributed by atoms with Gasteiger partial charge in [-0.1, -0.05) is 36.4 Å². The molecule has 0 aliphatic rings. The molecule has 0 N–H and O–H groups in total. The number of halogens is 1. The second-order valence-electron chi connectivity index (χ2n) is 3.74. The van der Waals surface area contributed by atoms with Crippen LogP contribution in [0.5, 0.6) is 0 Å². The van der Waals surface area contributed by atoms with Crippen molar-refractivity contribution in [3.05, 3.63) is 74.0 Å². The molecule has 0 spiro atoms. The van der Waals surface area contributed by atoms with E-state index in [2.05, 4.69) is 59.6 Å². The standard InChI is InChI=1S/C15H11IN/c1-2-7-13(8-3-1)16-14-10-12-6-4-5-9-15(12)17-11-14/h1-11H/q+1. The average molecular weight is 332 g/mol. The van der Waals surface area contributed by atoms with Crippen molar-refractivity contribution in [3.8, 4) is 0 Å². The highest BCUT2D eigenvalue weighted by atomic mass is 127. The molecule has 82 valence electrons. The Bertz CT molecular complexity index is 635. The number of hydrogen-bond acceptors (Lipinski definition) is 1. The van der Waals surface area contributed by atoms with Gasteiger partial charge in [-0.25, -0.2) is 0 Å². The molecule has 2 heteroatoms. The first-order valence-corrected chi connectivity index (χ1v) is 7.62. The van der Waals surface area contributed by atoms with E-state index in [9.17, 15) is 0 Å². The Hall–Kier alpha value is -1.42. The predicted molar refractivity (Wildman–Crippen MR) is 65.6 cm³/mol. The maximum atomic E-state index is 4.50. The van der Waals surface area contributed by atoms with Gasteiger partial charge < -0.3 is 0 Å². The molecule has 1 nitrogen and oxygen atoms in total. The summed E-state index contributed by atoms with van der Waals surface area (Å²) < 4.78 is 2.80. The molecule has 17 heavy (non-hydrogen) atoms. The van der Waals surface area contributed by atoms with Crippen LogP contribution in [0.25, 0.3) is 10.9 Å². The number of benzene rings is 2. The summed E-state index contributed by atoms with van der Waals surface area (Å²) in [4.78, 5) is 4.50. The summed E-state index contributed by atoms with van der Waals surface area (Å²) in [5.74, 6) is 0. The molecule has 3 aromatic rings. The van der Waals surface area contributed by atoms with Crippen molar-refractivity contribution >= 4 is 10.9 Å². The number of aromatic nitrogens is 1. The van der Waals surface area contributed by atoms with Gasteiger partial charge in [-0.3, -0.25) is 4.98 Å². The number of pyridine rings is 1. The Kier molecular flexibility index (Phi) is 3.05. The van der Waals surface area contributed by atoms with Gasteiger partial charge in [0.1, 0.15) is 0 Å². The third kappa shape index (κ3) is 2.47. The van der Waals surface area contributed by atoms with E-state index in [1.165, 1.54) is 12.5 Å². The first kappa shape index (κ1) is 10.7. The van der Waals surface area contributed by atoms with E-state index in [1.807, 2.05) is 12.3 Å². The number of rotatable bonds is 2. The molecule has 0 atom stereocenters. The van der Waals surface area contributed by atoms with Crippen LogP contribution in [0.4, 0.5) is 0 Å². The summed E-state index contributed by atoms with van der Waals surface area (Å²) in [6, 6.07) is 21.2. The zero-order valence-corrected chi connectivity index (χ0v) is 11.3. The minimum absolute atomic E-state index is 0.109. The quantitative estimate of drug-likeness (QED) is 0.618. The van der Waals surface area contributed by atoms with Crippen molar-refractivity contribution in [1.29, 1.82) is 0 Å². The molecule has 0 amide bonds. The molecule has 1 aromatic heterocycles. The smallest absolute Gasteiger partial charge is 0.252 e. The van der Waals surface area contributed by atoms with E-state index in [0.717, 1.165) is 5.52 Å². The van der Waals surface area contributed by atoms with Crippen molar-refractivity contribution in [1.82, 2.24) is 4.98 Å². The van der Waals surface area contributed by atoms with Crippen LogP contribution >= 0.6 is 0 Å². The van der Waals surface area contributed by atoms with Crippen molar-refractivity contribution in [2.75, 3.05) is 0 Å². The molecule has 3 rings (SSSR count). The van der Waals surface area contributed by atoms with E-state index in [-0.39, 0.29) is 21.2 Å². The van der Waals surface area contributed by atoms with Crippen molar-refractivity contribution in [3.63, 3.8) is 0 Å². The maximum Gasteiger partial charge on any atom is 0.359 e. The second-order valence-corrected chi connectivity index (χ2v) is 6.77. The molecule has 2 aromatic carbocycles. The van der Waals surface area contributed by atoms with Gasteiger partial charge in [-0.15, -0.1) is 0 Å². The molecular weight excluding hydrogens is 321 g/mol. The fourth-order valence-electron chi connectivity index (χ4n) is 1.70. The molecule has 0 aliphatic carbocycles. The number of para-hydroxylation sites is 1. The molecule has 0 fully saturated rings. The molecule has 0 radical (unpaired) electrons. The maximum absolute atomic E-state index is 4.50. The van der Waals surface area contributed by atoms with Gasteiger partial charge in [-0.2, -0.15) is 0 Å². The topological polar surface area (TPSA) is 12.9 Å². The summed E-state index contributed by atoms with van der Waals surface area (Å²) in [6.45, 7) is 0. The Balaban J connectivity index is 1.96. The van der Waals surface area contributed by atoms with E-state index in [1.54, 1.807) is 0 Å². The van der Waals surface area contributed by atoms with Crippen LogP contribution in [-0.4, -0.2) is 4.98 Å². The van der Waals surface area contributed by atoms with Crippen LogP contribution < -0.4 is 21.2 Å². The minimum atomic E-state index is -0.109. The van der Waals surface area contributed by atoms with Crippen LogP contribution in [0.2, 0.25) is 0 Å². The van der Waals surface area contributed by atoms with Crippen molar-refractivity contribution in [2.45, 2.75) is 0 Å². The Morgan fingerprint density at radius 1 is 0.765 bits per heavy atom. The third-order valence-electron chi connectivity index (χ3n) is 2.51. The lowest BCUT2D eigenvalue weighted by molar-refractivity contribution is -0.597. The van der Waals surface area contributed by atoms with Gasteiger partial charge in [0.05, 0.1) is 11.7 Å². The SMILES string of the molecule is c1ccc([I+]c2cnc3ccccc3c2)cc1. The fourth-order valence-corrected chi connectivity index (χ4v) is 3.96. The highest BCUT2D eigenvalue weighted by Gasteiger charge is 2.15. The lowest BCUT2D eigenvalue weighted by Gasteiger charge is -1.94. The van der Waals surface area contributed by atoms with Gasteiger partial charge in [0.25, 0.3) is 0 Å². The Morgan fingerprint density at radius 3 is 2.41 bits per heavy atom. The number of fused-ring (bicyclic) bond motifs is 1. The minimum Gasteiger partial charge on any atom is -0.252 e. The van der Waals surface area contributed by atoms with Gasteiger partial charge in [0.15, 0.2) is 3.57 Å². The van der Waals surface area contributed by atoms with Crippen molar-refractivity contribution in [2.24, 2.45) is 0 Å². The Morgan fingerprint density at radius 2 is 1.53 bits per heavy atom. The van der Waals surface area contributed by atoms with Crippen LogP contribution in [-0.2, 0) is 0 Å². The fraction of sp³-hybridized carbons (Fsp3) is 0. The molecule has 1 heterocycles. The zero-order valence-electron chi connectivity index (χ0n) is 9.18. The summed E-state index contributed by atoms with van der Waals surface area (Å²) in [5, 5.41) is 1.24. The molecule has 0 aliphatic heterocycles. The largest absolute Gasteiger partial charge is 0.359 e. The van der Waals surface area contributed by atoms with Crippen LogP contribution in [0, 0.1) is 7.14 Å². The molecule has 0 saturated carbocycles. The third-order valence-corrected chi connectivity index (χ3v) is 5.06. The van der Waals surface area contributed by atoms with Gasteiger partial charge in [0.2, 0.25) is 3.57 Å². The van der Waals surface area contributed by atoms with E-state index >= 15 is 0 Å². The summed E-state index contributed by atoms with van der Waals surface area (Å²) >= 11 is -0.109. The number of hydrogen-bond donors (Lipinski definition) is 0. The van der Waals surface area contributed by atoms with Crippen LogP contribution in [0.3, 0.4) is 0 Å². The van der Waals surface area contributed by atoms with Crippen molar-refractivity contribution < 1.29 is 21.2 Å². The first-order chi connectivity index (χ1) is 8.42. The summed E-state index contributed by atoms with van der Waals surface area (Å²) in [5.41, 5.74) is 1.08. The van der Waals surface area contributed by atoms with E-state index in [0.29, 0.717) is 0 Å². The lowest BCUT2D eigenvalue weighted by atomic mass is 10.2. The summed E-state index contributed by atoms with van der Waals surface area (Å²) in [7, 11) is 0. The van der Waals surface area contributed by atoms with Gasteiger partial charge >= 0.3 is 21.2 Å². The molecular formula is C15H11IN+. The second kappa shape index (κ2) is 4.84. The van der Waals surface area contributed by atoms with E-state index in [4.69, 9.17) is 0 Å². The number of nitrogens with zero attached hydrogens (tertiary/aromatic N) is 1.